The Hall–Kier alpha value is -1.65. The van der Waals surface area contributed by atoms with E-state index in [1.165, 1.54) is 0 Å². The standard InChI is InChI=1S/C16H20ClN3O/c1-9(8-18)15-10(2)19-16(20-11(15)3)13-6-5-12(17)7-14(13)21-4/h5-7,9H,8,18H2,1-4H3. The molecule has 5 heteroatoms. The molecule has 21 heavy (non-hydrogen) atoms. The number of aromatic nitrogens is 2. The van der Waals surface area contributed by atoms with Crippen molar-refractivity contribution in [2.75, 3.05) is 13.7 Å². The Morgan fingerprint density at radius 1 is 1.24 bits per heavy atom. The molecule has 0 saturated heterocycles. The van der Waals surface area contributed by atoms with E-state index >= 15 is 0 Å². The summed E-state index contributed by atoms with van der Waals surface area (Å²) in [5, 5.41) is 0.623. The van der Waals surface area contributed by atoms with Crippen LogP contribution in [-0.2, 0) is 0 Å². The predicted molar refractivity (Wildman–Crippen MR) is 86.0 cm³/mol. The minimum absolute atomic E-state index is 0.242. The first kappa shape index (κ1) is 15.7. The molecule has 0 amide bonds. The monoisotopic (exact) mass is 305 g/mol. The first-order chi connectivity index (χ1) is 9.97. The summed E-state index contributed by atoms with van der Waals surface area (Å²) in [6.07, 6.45) is 0. The van der Waals surface area contributed by atoms with Crippen LogP contribution < -0.4 is 10.5 Å². The zero-order valence-electron chi connectivity index (χ0n) is 12.8. The van der Waals surface area contributed by atoms with E-state index in [0.29, 0.717) is 23.1 Å². The van der Waals surface area contributed by atoms with Gasteiger partial charge in [0.25, 0.3) is 0 Å². The lowest BCUT2D eigenvalue weighted by molar-refractivity contribution is 0.416. The summed E-state index contributed by atoms with van der Waals surface area (Å²) in [7, 11) is 1.61. The zero-order valence-corrected chi connectivity index (χ0v) is 13.5. The number of methoxy groups -OCH3 is 1. The summed E-state index contributed by atoms with van der Waals surface area (Å²) in [4.78, 5) is 9.24. The van der Waals surface area contributed by atoms with Crippen molar-refractivity contribution in [3.8, 4) is 17.1 Å². The highest BCUT2D eigenvalue weighted by Crippen LogP contribution is 2.32. The lowest BCUT2D eigenvalue weighted by atomic mass is 9.98. The van der Waals surface area contributed by atoms with Gasteiger partial charge in [-0.2, -0.15) is 0 Å². The molecule has 0 aliphatic carbocycles. The quantitative estimate of drug-likeness (QED) is 0.939. The topological polar surface area (TPSA) is 61.0 Å². The van der Waals surface area contributed by atoms with Crippen LogP contribution in [0.2, 0.25) is 5.02 Å². The smallest absolute Gasteiger partial charge is 0.163 e. The molecule has 112 valence electrons. The summed E-state index contributed by atoms with van der Waals surface area (Å²) in [5.41, 5.74) is 9.62. The summed E-state index contributed by atoms with van der Waals surface area (Å²) in [6, 6.07) is 5.45. The van der Waals surface area contributed by atoms with E-state index in [1.54, 1.807) is 13.2 Å². The summed E-state index contributed by atoms with van der Waals surface area (Å²) >= 11 is 6.00. The molecule has 1 heterocycles. The van der Waals surface area contributed by atoms with Crippen LogP contribution in [-0.4, -0.2) is 23.6 Å². The maximum absolute atomic E-state index is 6.00. The van der Waals surface area contributed by atoms with Crippen LogP contribution in [0.25, 0.3) is 11.4 Å². The second kappa shape index (κ2) is 6.41. The normalized spacial score (nSPS) is 12.3. The Kier molecular flexibility index (Phi) is 4.80. The van der Waals surface area contributed by atoms with Crippen molar-refractivity contribution in [3.63, 3.8) is 0 Å². The molecule has 2 N–H and O–H groups in total. The highest BCUT2D eigenvalue weighted by Gasteiger charge is 2.16. The van der Waals surface area contributed by atoms with Gasteiger partial charge < -0.3 is 10.5 Å². The van der Waals surface area contributed by atoms with Gasteiger partial charge in [-0.3, -0.25) is 0 Å². The first-order valence-electron chi connectivity index (χ1n) is 6.87. The molecule has 1 atom stereocenters. The van der Waals surface area contributed by atoms with E-state index in [0.717, 1.165) is 22.5 Å². The Labute approximate surface area is 130 Å². The molecule has 0 bridgehead atoms. The van der Waals surface area contributed by atoms with Gasteiger partial charge in [-0.1, -0.05) is 18.5 Å². The van der Waals surface area contributed by atoms with Crippen LogP contribution >= 0.6 is 11.6 Å². The molecular weight excluding hydrogens is 286 g/mol. The number of hydrogen-bond donors (Lipinski definition) is 1. The lowest BCUT2D eigenvalue weighted by Gasteiger charge is -2.16. The summed E-state index contributed by atoms with van der Waals surface area (Å²) < 4.78 is 5.37. The maximum Gasteiger partial charge on any atom is 0.163 e. The predicted octanol–water partition coefficient (Wildman–Crippen LogP) is 3.48. The second-order valence-corrected chi connectivity index (χ2v) is 5.55. The van der Waals surface area contributed by atoms with Crippen molar-refractivity contribution >= 4 is 11.6 Å². The fourth-order valence-corrected chi connectivity index (χ4v) is 2.69. The zero-order chi connectivity index (χ0) is 15.6. The molecule has 0 aliphatic heterocycles. The van der Waals surface area contributed by atoms with Crippen LogP contribution in [0.4, 0.5) is 0 Å². The van der Waals surface area contributed by atoms with E-state index in [4.69, 9.17) is 22.1 Å². The Bertz CT molecular complexity index is 635. The summed E-state index contributed by atoms with van der Waals surface area (Å²) in [6.45, 7) is 6.64. The van der Waals surface area contributed by atoms with E-state index in [-0.39, 0.29) is 5.92 Å². The number of ether oxygens (including phenoxy) is 1. The van der Waals surface area contributed by atoms with Crippen molar-refractivity contribution in [3.05, 3.63) is 40.2 Å². The third-order valence-electron chi connectivity index (χ3n) is 3.58. The average molecular weight is 306 g/mol. The molecule has 0 saturated carbocycles. The van der Waals surface area contributed by atoms with Crippen LogP contribution in [0.3, 0.4) is 0 Å². The fraction of sp³-hybridized carbons (Fsp3) is 0.375. The van der Waals surface area contributed by atoms with Crippen LogP contribution in [0.1, 0.15) is 29.8 Å². The van der Waals surface area contributed by atoms with Crippen molar-refractivity contribution < 1.29 is 4.74 Å². The van der Waals surface area contributed by atoms with Crippen LogP contribution in [0, 0.1) is 13.8 Å². The number of nitrogens with two attached hydrogens (primary N) is 1. The van der Waals surface area contributed by atoms with Gasteiger partial charge in [0.2, 0.25) is 0 Å². The number of halogens is 1. The van der Waals surface area contributed by atoms with E-state index in [2.05, 4.69) is 16.9 Å². The van der Waals surface area contributed by atoms with Crippen LogP contribution in [0.5, 0.6) is 5.75 Å². The molecule has 1 aromatic heterocycles. The van der Waals surface area contributed by atoms with Crippen molar-refractivity contribution in [2.45, 2.75) is 26.7 Å². The van der Waals surface area contributed by atoms with Crippen molar-refractivity contribution in [1.82, 2.24) is 9.97 Å². The Morgan fingerprint density at radius 3 is 2.38 bits per heavy atom. The summed E-state index contributed by atoms with van der Waals surface area (Å²) in [5.74, 6) is 1.55. The molecule has 2 aromatic rings. The molecule has 4 nitrogen and oxygen atoms in total. The number of aryl methyl sites for hydroxylation is 2. The number of rotatable bonds is 4. The molecule has 0 spiro atoms. The molecule has 0 aliphatic rings. The second-order valence-electron chi connectivity index (χ2n) is 5.11. The van der Waals surface area contributed by atoms with Gasteiger partial charge in [0.05, 0.1) is 12.7 Å². The van der Waals surface area contributed by atoms with Crippen molar-refractivity contribution in [2.24, 2.45) is 5.73 Å². The Morgan fingerprint density at radius 2 is 1.86 bits per heavy atom. The number of hydrogen-bond acceptors (Lipinski definition) is 4. The number of nitrogens with zero attached hydrogens (tertiary/aromatic N) is 2. The maximum atomic E-state index is 6.00. The van der Waals surface area contributed by atoms with Gasteiger partial charge in [0.15, 0.2) is 5.82 Å². The Balaban J connectivity index is 2.57. The largest absolute Gasteiger partial charge is 0.496 e. The highest BCUT2D eigenvalue weighted by molar-refractivity contribution is 6.30. The van der Waals surface area contributed by atoms with Gasteiger partial charge >= 0.3 is 0 Å². The third kappa shape index (κ3) is 3.17. The SMILES string of the molecule is COc1cc(Cl)ccc1-c1nc(C)c(C(C)CN)c(C)n1. The van der Waals surface area contributed by atoms with Gasteiger partial charge in [-0.05, 0) is 50.1 Å². The van der Waals surface area contributed by atoms with Gasteiger partial charge in [-0.25, -0.2) is 9.97 Å². The van der Waals surface area contributed by atoms with E-state index in [9.17, 15) is 0 Å². The molecule has 0 fully saturated rings. The fourth-order valence-electron chi connectivity index (χ4n) is 2.53. The highest BCUT2D eigenvalue weighted by atomic mass is 35.5. The van der Waals surface area contributed by atoms with Crippen LogP contribution in [0.15, 0.2) is 18.2 Å². The van der Waals surface area contributed by atoms with Crippen molar-refractivity contribution in [1.29, 1.82) is 0 Å². The number of benzene rings is 1. The third-order valence-corrected chi connectivity index (χ3v) is 3.81. The minimum atomic E-state index is 0.242. The molecule has 1 aromatic carbocycles. The minimum Gasteiger partial charge on any atom is -0.496 e. The average Bonchev–Trinajstić information content (AvgIpc) is 2.45. The first-order valence-corrected chi connectivity index (χ1v) is 7.24. The molecule has 0 radical (unpaired) electrons. The molecule has 1 unspecified atom stereocenters. The lowest BCUT2D eigenvalue weighted by Crippen LogP contribution is -2.14. The van der Waals surface area contributed by atoms with E-state index in [1.807, 2.05) is 26.0 Å². The van der Waals surface area contributed by atoms with Gasteiger partial charge in [0.1, 0.15) is 5.75 Å². The van der Waals surface area contributed by atoms with Gasteiger partial charge in [0, 0.05) is 16.4 Å². The molecule has 2 rings (SSSR count). The molecular formula is C16H20ClN3O. The van der Waals surface area contributed by atoms with E-state index < -0.39 is 0 Å². The van der Waals surface area contributed by atoms with Gasteiger partial charge in [-0.15, -0.1) is 0 Å².